The van der Waals surface area contributed by atoms with Crippen LogP contribution in [-0.2, 0) is 10.0 Å². The fraction of sp³-hybridized carbons (Fsp3) is 0.241. The number of para-hydroxylation sites is 1. The Morgan fingerprint density at radius 2 is 1.73 bits per heavy atom. The van der Waals surface area contributed by atoms with Gasteiger partial charge < -0.3 is 15.2 Å². The minimum atomic E-state index is -4.12. The first-order valence-corrected chi connectivity index (χ1v) is 15.3. The lowest BCUT2D eigenvalue weighted by Gasteiger charge is -2.39. The highest BCUT2D eigenvalue weighted by Crippen LogP contribution is 2.38. The largest absolute Gasteiger partial charge is 0.476 e. The summed E-state index contributed by atoms with van der Waals surface area (Å²) in [4.78, 5) is 24.8. The van der Waals surface area contributed by atoms with Crippen LogP contribution in [0.1, 0.15) is 28.6 Å². The molecular formula is C29H26F2N6O7S. The number of aromatic nitrogens is 2. The van der Waals surface area contributed by atoms with Gasteiger partial charge in [-0.15, -0.1) is 0 Å². The number of hydrogen-bond acceptors (Lipinski definition) is 9. The molecule has 234 valence electrons. The zero-order valence-electron chi connectivity index (χ0n) is 23.5. The molecule has 1 aromatic heterocycles. The average Bonchev–Trinajstić information content (AvgIpc) is 3.44. The number of anilines is 1. The number of nitrogens with one attached hydrogen (secondary N) is 1. The van der Waals surface area contributed by atoms with Gasteiger partial charge in [0.2, 0.25) is 15.8 Å². The van der Waals surface area contributed by atoms with Gasteiger partial charge in [0.1, 0.15) is 11.4 Å². The number of aromatic carboxylic acids is 1. The molecule has 16 heteroatoms. The Balaban J connectivity index is 1.23. The number of fused-ring (bicyclic) bond motifs is 1. The maximum Gasteiger partial charge on any atom is 0.356 e. The normalized spacial score (nSPS) is 17.3. The molecule has 3 heterocycles. The molecule has 0 amide bonds. The Labute approximate surface area is 255 Å². The van der Waals surface area contributed by atoms with Crippen molar-refractivity contribution in [1.29, 1.82) is 0 Å². The molecule has 4 aromatic rings. The van der Waals surface area contributed by atoms with Crippen LogP contribution < -0.4 is 10.1 Å². The quantitative estimate of drug-likeness (QED) is 0.209. The molecule has 1 saturated heterocycles. The van der Waals surface area contributed by atoms with Crippen molar-refractivity contribution in [3.63, 3.8) is 0 Å². The van der Waals surface area contributed by atoms with Crippen LogP contribution in [0.4, 0.5) is 20.2 Å². The van der Waals surface area contributed by atoms with Crippen molar-refractivity contribution in [2.45, 2.75) is 17.4 Å². The van der Waals surface area contributed by atoms with Gasteiger partial charge in [-0.3, -0.25) is 15.0 Å². The van der Waals surface area contributed by atoms with E-state index >= 15 is 0 Å². The molecule has 0 aliphatic carbocycles. The zero-order valence-corrected chi connectivity index (χ0v) is 24.3. The number of nitro groups is 1. The van der Waals surface area contributed by atoms with Crippen LogP contribution >= 0.6 is 0 Å². The van der Waals surface area contributed by atoms with Gasteiger partial charge in [-0.1, -0.05) is 18.2 Å². The van der Waals surface area contributed by atoms with E-state index in [1.807, 2.05) is 4.90 Å². The molecule has 0 unspecified atom stereocenters. The summed E-state index contributed by atoms with van der Waals surface area (Å²) in [7, 11) is -4.12. The molecule has 0 bridgehead atoms. The highest BCUT2D eigenvalue weighted by Gasteiger charge is 2.38. The fourth-order valence-electron chi connectivity index (χ4n) is 5.62. The first-order chi connectivity index (χ1) is 21.6. The van der Waals surface area contributed by atoms with Crippen molar-refractivity contribution in [1.82, 2.24) is 19.0 Å². The summed E-state index contributed by atoms with van der Waals surface area (Å²) in [6.07, 6.45) is 0.575. The van der Waals surface area contributed by atoms with E-state index in [-0.39, 0.29) is 41.2 Å². The molecule has 0 radical (unpaired) electrons. The number of sulfonamides is 1. The second-order valence-corrected chi connectivity index (χ2v) is 12.3. The summed E-state index contributed by atoms with van der Waals surface area (Å²) >= 11 is 0. The van der Waals surface area contributed by atoms with Gasteiger partial charge in [0.15, 0.2) is 22.2 Å². The highest BCUT2D eigenvalue weighted by molar-refractivity contribution is 7.89. The van der Waals surface area contributed by atoms with Gasteiger partial charge in [-0.2, -0.15) is 13.8 Å². The monoisotopic (exact) mass is 640 g/mol. The zero-order chi connectivity index (χ0) is 31.9. The number of carboxylic acids is 1. The van der Waals surface area contributed by atoms with Crippen LogP contribution in [0.25, 0.3) is 5.69 Å². The third-order valence-electron chi connectivity index (χ3n) is 7.77. The van der Waals surface area contributed by atoms with E-state index < -0.39 is 38.2 Å². The number of rotatable bonds is 8. The first-order valence-electron chi connectivity index (χ1n) is 13.9. The summed E-state index contributed by atoms with van der Waals surface area (Å²) < 4.78 is 62.2. The maximum atomic E-state index is 14.0. The minimum absolute atomic E-state index is 0.0769. The number of benzene rings is 3. The molecule has 45 heavy (non-hydrogen) atoms. The second kappa shape index (κ2) is 11.9. The maximum absolute atomic E-state index is 14.0. The van der Waals surface area contributed by atoms with E-state index in [0.717, 1.165) is 12.1 Å². The van der Waals surface area contributed by atoms with Crippen LogP contribution in [0.5, 0.6) is 11.5 Å². The van der Waals surface area contributed by atoms with E-state index in [9.17, 15) is 37.2 Å². The lowest BCUT2D eigenvalue weighted by molar-refractivity contribution is -0.387. The van der Waals surface area contributed by atoms with Gasteiger partial charge in [0, 0.05) is 38.8 Å². The van der Waals surface area contributed by atoms with Gasteiger partial charge in [-0.25, -0.2) is 22.3 Å². The van der Waals surface area contributed by atoms with E-state index in [2.05, 4.69) is 10.4 Å². The predicted octanol–water partition coefficient (Wildman–Crippen LogP) is 4.41. The molecular weight excluding hydrogens is 614 g/mol. The molecule has 0 spiro atoms. The molecule has 1 fully saturated rings. The number of hydrogen-bond donors (Lipinski definition) is 2. The third kappa shape index (κ3) is 5.58. The van der Waals surface area contributed by atoms with E-state index in [1.54, 1.807) is 12.1 Å². The molecule has 1 atom stereocenters. The van der Waals surface area contributed by atoms with Gasteiger partial charge in [-0.05, 0) is 48.9 Å². The Bertz CT molecular complexity index is 1890. The number of ether oxygens (including phenoxy) is 1. The van der Waals surface area contributed by atoms with Crippen molar-refractivity contribution in [3.05, 3.63) is 99.9 Å². The van der Waals surface area contributed by atoms with Crippen molar-refractivity contribution in [3.8, 4) is 17.2 Å². The van der Waals surface area contributed by atoms with Crippen LogP contribution in [-0.4, -0.2) is 76.1 Å². The predicted molar refractivity (Wildman–Crippen MR) is 156 cm³/mol. The Morgan fingerprint density at radius 3 is 2.42 bits per heavy atom. The number of piperazine rings is 1. The van der Waals surface area contributed by atoms with E-state index in [1.165, 1.54) is 51.5 Å². The third-order valence-corrected chi connectivity index (χ3v) is 9.72. The van der Waals surface area contributed by atoms with Gasteiger partial charge in [0.25, 0.3) is 5.69 Å². The highest BCUT2D eigenvalue weighted by atomic mass is 32.2. The first kappa shape index (κ1) is 30.1. The summed E-state index contributed by atoms with van der Waals surface area (Å²) in [6, 6.07) is 14.5. The van der Waals surface area contributed by atoms with Crippen molar-refractivity contribution in [2.75, 3.05) is 38.0 Å². The van der Waals surface area contributed by atoms with E-state index in [4.69, 9.17) is 4.74 Å². The Kier molecular flexibility index (Phi) is 7.94. The Hall–Kier alpha value is -4.93. The van der Waals surface area contributed by atoms with Gasteiger partial charge >= 0.3 is 5.97 Å². The molecule has 2 N–H and O–H groups in total. The summed E-state index contributed by atoms with van der Waals surface area (Å²) in [5, 5.41) is 29.4. The molecule has 0 saturated carbocycles. The number of nitrogens with zero attached hydrogens (tertiary/aromatic N) is 5. The molecule has 13 nitrogen and oxygen atoms in total. The Morgan fingerprint density at radius 1 is 1.02 bits per heavy atom. The van der Waals surface area contributed by atoms with Crippen molar-refractivity contribution in [2.24, 2.45) is 0 Å². The molecule has 3 aromatic carbocycles. The standard InChI is InChI=1S/C29H26F2N6O7S/c30-20-4-3-6-23(25(20)31)44-19-10-8-18(9-11-19)36-28(29(38)39)27-26(33-36)22(12-13-32-27)34-14-16-35(17-15-34)45(42,43)24-7-2-1-5-21(24)37(40)41/h1-11,22,32H,12-17H2,(H,38,39)/t22-/m1/s1. The summed E-state index contributed by atoms with van der Waals surface area (Å²) in [5.41, 5.74) is 0.619. The van der Waals surface area contributed by atoms with Crippen LogP contribution in [0, 0.1) is 21.7 Å². The number of nitro benzene ring substituents is 1. The lowest BCUT2D eigenvalue weighted by Crippen LogP contribution is -2.50. The average molecular weight is 641 g/mol. The van der Waals surface area contributed by atoms with Gasteiger partial charge in [0.05, 0.1) is 22.3 Å². The van der Waals surface area contributed by atoms with Crippen LogP contribution in [0.15, 0.2) is 71.6 Å². The SMILES string of the molecule is O=C(O)c1c2c(nn1-c1ccc(Oc3cccc(F)c3F)cc1)[C@H](N1CCN(S(=O)(=O)c3ccccc3[N+](=O)[O-])CC1)CCN2. The number of carbonyl (C=O) groups is 1. The fourth-order valence-corrected chi connectivity index (χ4v) is 7.20. The van der Waals surface area contributed by atoms with Crippen molar-refractivity contribution < 1.29 is 36.8 Å². The molecule has 2 aliphatic rings. The molecule has 2 aliphatic heterocycles. The van der Waals surface area contributed by atoms with Crippen molar-refractivity contribution >= 4 is 27.4 Å². The lowest BCUT2D eigenvalue weighted by atomic mass is 10.0. The second-order valence-electron chi connectivity index (χ2n) is 10.4. The minimum Gasteiger partial charge on any atom is -0.476 e. The number of carboxylic acid groups (broad SMARTS) is 1. The smallest absolute Gasteiger partial charge is 0.356 e. The topological polar surface area (TPSA) is 160 Å². The summed E-state index contributed by atoms with van der Waals surface area (Å²) in [5.74, 6) is -3.51. The van der Waals surface area contributed by atoms with Crippen LogP contribution in [0.2, 0.25) is 0 Å². The molecule has 6 rings (SSSR count). The summed E-state index contributed by atoms with van der Waals surface area (Å²) in [6.45, 7) is 1.19. The van der Waals surface area contributed by atoms with E-state index in [0.29, 0.717) is 43.1 Å². The van der Waals surface area contributed by atoms with Crippen LogP contribution in [0.3, 0.4) is 0 Å². The number of halogens is 2.